The Morgan fingerprint density at radius 2 is 2.00 bits per heavy atom. The molecule has 0 unspecified atom stereocenters. The van der Waals surface area contributed by atoms with E-state index in [-0.39, 0.29) is 0 Å². The van der Waals surface area contributed by atoms with Crippen LogP contribution in [0.25, 0.3) is 5.65 Å². The summed E-state index contributed by atoms with van der Waals surface area (Å²) in [6, 6.07) is 0. The number of fused-ring (bicyclic) bond motifs is 1. The minimum absolute atomic E-state index is 0.719. The number of rotatable bonds is 3. The van der Waals surface area contributed by atoms with E-state index in [0.717, 1.165) is 56.6 Å². The summed E-state index contributed by atoms with van der Waals surface area (Å²) in [7, 11) is 0. The zero-order chi connectivity index (χ0) is 13.2. The fraction of sp³-hybridized carbons (Fsp3) is 0.583. The summed E-state index contributed by atoms with van der Waals surface area (Å²) in [4.78, 5) is 9.13. The summed E-state index contributed by atoms with van der Waals surface area (Å²) in [5.41, 5.74) is 6.43. The second kappa shape index (κ2) is 5.10. The molecule has 19 heavy (non-hydrogen) atoms. The van der Waals surface area contributed by atoms with Gasteiger partial charge in [0.25, 0.3) is 0 Å². The predicted molar refractivity (Wildman–Crippen MR) is 73.2 cm³/mol. The first kappa shape index (κ1) is 12.3. The highest BCUT2D eigenvalue weighted by Gasteiger charge is 2.20. The molecule has 2 aromatic rings. The van der Waals surface area contributed by atoms with Gasteiger partial charge < -0.3 is 10.6 Å². The first-order valence-electron chi connectivity index (χ1n) is 6.63. The van der Waals surface area contributed by atoms with Crippen molar-refractivity contribution in [3.8, 4) is 0 Å². The van der Waals surface area contributed by atoms with E-state index in [4.69, 9.17) is 5.73 Å². The quantitative estimate of drug-likeness (QED) is 0.804. The van der Waals surface area contributed by atoms with E-state index in [9.17, 15) is 0 Å². The van der Waals surface area contributed by atoms with Crippen LogP contribution in [0.5, 0.6) is 0 Å². The summed E-state index contributed by atoms with van der Waals surface area (Å²) >= 11 is 0. The molecular formula is C12H19N7. The van der Waals surface area contributed by atoms with Gasteiger partial charge in [0.15, 0.2) is 5.82 Å². The van der Waals surface area contributed by atoms with Crippen molar-refractivity contribution >= 4 is 11.5 Å². The second-order valence-electron chi connectivity index (χ2n) is 4.81. The zero-order valence-electron chi connectivity index (χ0n) is 11.2. The van der Waals surface area contributed by atoms with E-state index >= 15 is 0 Å². The van der Waals surface area contributed by atoms with Crippen LogP contribution < -0.4 is 10.6 Å². The van der Waals surface area contributed by atoms with Crippen LogP contribution in [0, 0.1) is 6.92 Å². The normalized spacial score (nSPS) is 17.3. The van der Waals surface area contributed by atoms with E-state index < -0.39 is 0 Å². The smallest absolute Gasteiger partial charge is 0.203 e. The van der Waals surface area contributed by atoms with Gasteiger partial charge in [-0.05, 0) is 6.92 Å². The van der Waals surface area contributed by atoms with E-state index in [2.05, 4.69) is 25.0 Å². The molecule has 0 aliphatic carbocycles. The van der Waals surface area contributed by atoms with Crippen LogP contribution in [-0.4, -0.2) is 63.8 Å². The van der Waals surface area contributed by atoms with Gasteiger partial charge in [-0.25, -0.2) is 4.98 Å². The largest absolute Gasteiger partial charge is 0.351 e. The van der Waals surface area contributed by atoms with Crippen LogP contribution in [0.3, 0.4) is 0 Å². The number of nitrogens with two attached hydrogens (primary N) is 1. The highest BCUT2D eigenvalue weighted by atomic mass is 15.3. The number of anilines is 1. The van der Waals surface area contributed by atoms with Crippen LogP contribution in [0.1, 0.15) is 5.82 Å². The Labute approximate surface area is 112 Å². The Balaban J connectivity index is 1.82. The van der Waals surface area contributed by atoms with Gasteiger partial charge in [-0.3, -0.25) is 9.30 Å². The Hall–Kier alpha value is -1.73. The predicted octanol–water partition coefficient (Wildman–Crippen LogP) is -0.487. The number of hydrogen-bond donors (Lipinski definition) is 1. The van der Waals surface area contributed by atoms with E-state index in [1.807, 2.05) is 23.7 Å². The maximum Gasteiger partial charge on any atom is 0.203 e. The molecule has 0 amide bonds. The minimum atomic E-state index is 0.719. The molecular weight excluding hydrogens is 242 g/mol. The number of aryl methyl sites for hydroxylation is 1. The molecule has 0 aromatic carbocycles. The Morgan fingerprint density at radius 1 is 1.21 bits per heavy atom. The lowest BCUT2D eigenvalue weighted by Crippen LogP contribution is -2.48. The third-order valence-corrected chi connectivity index (χ3v) is 3.60. The molecule has 1 fully saturated rings. The van der Waals surface area contributed by atoms with Gasteiger partial charge in [0.05, 0.1) is 0 Å². The number of hydrogen-bond acceptors (Lipinski definition) is 6. The van der Waals surface area contributed by atoms with E-state index in [0.29, 0.717) is 0 Å². The second-order valence-corrected chi connectivity index (χ2v) is 4.81. The van der Waals surface area contributed by atoms with Gasteiger partial charge in [-0.15, -0.1) is 10.2 Å². The molecule has 3 heterocycles. The fourth-order valence-corrected chi connectivity index (χ4v) is 2.52. The Morgan fingerprint density at radius 3 is 2.74 bits per heavy atom. The summed E-state index contributed by atoms with van der Waals surface area (Å²) in [5.74, 6) is 1.82. The van der Waals surface area contributed by atoms with Crippen LogP contribution in [0.15, 0.2) is 12.4 Å². The van der Waals surface area contributed by atoms with Gasteiger partial charge >= 0.3 is 0 Å². The molecule has 1 aliphatic heterocycles. The zero-order valence-corrected chi connectivity index (χ0v) is 11.2. The first-order valence-corrected chi connectivity index (χ1v) is 6.63. The summed E-state index contributed by atoms with van der Waals surface area (Å²) in [6.45, 7) is 7.59. The Kier molecular flexibility index (Phi) is 3.31. The summed E-state index contributed by atoms with van der Waals surface area (Å²) in [5, 5.41) is 8.34. The van der Waals surface area contributed by atoms with Gasteiger partial charge in [-0.1, -0.05) is 0 Å². The van der Waals surface area contributed by atoms with Crippen LogP contribution >= 0.6 is 0 Å². The van der Waals surface area contributed by atoms with Crippen molar-refractivity contribution in [2.75, 3.05) is 44.2 Å². The van der Waals surface area contributed by atoms with Crippen molar-refractivity contribution < 1.29 is 0 Å². The molecule has 1 aliphatic rings. The van der Waals surface area contributed by atoms with Crippen LogP contribution in [0.2, 0.25) is 0 Å². The molecule has 7 nitrogen and oxygen atoms in total. The van der Waals surface area contributed by atoms with Gasteiger partial charge in [0.2, 0.25) is 5.65 Å². The van der Waals surface area contributed by atoms with Crippen molar-refractivity contribution in [3.63, 3.8) is 0 Å². The molecule has 0 spiro atoms. The number of nitrogens with zero attached hydrogens (tertiary/aromatic N) is 6. The minimum Gasteiger partial charge on any atom is -0.351 e. The van der Waals surface area contributed by atoms with Crippen LogP contribution in [-0.2, 0) is 0 Å². The molecule has 0 atom stereocenters. The molecule has 7 heteroatoms. The average molecular weight is 261 g/mol. The van der Waals surface area contributed by atoms with Gasteiger partial charge in [-0.2, -0.15) is 0 Å². The topological polar surface area (TPSA) is 75.6 Å². The third-order valence-electron chi connectivity index (χ3n) is 3.60. The molecule has 102 valence electrons. The van der Waals surface area contributed by atoms with Gasteiger partial charge in [0, 0.05) is 51.7 Å². The summed E-state index contributed by atoms with van der Waals surface area (Å²) < 4.78 is 1.98. The van der Waals surface area contributed by atoms with Crippen molar-refractivity contribution in [1.29, 1.82) is 0 Å². The van der Waals surface area contributed by atoms with Crippen molar-refractivity contribution in [2.24, 2.45) is 5.73 Å². The lowest BCUT2D eigenvalue weighted by molar-refractivity contribution is 0.264. The monoisotopic (exact) mass is 261 g/mol. The molecule has 3 rings (SSSR count). The third kappa shape index (κ3) is 2.26. The Bertz CT molecular complexity index is 556. The van der Waals surface area contributed by atoms with E-state index in [1.54, 1.807) is 0 Å². The number of piperazine rings is 1. The molecule has 0 bridgehead atoms. The molecule has 0 radical (unpaired) electrons. The maximum atomic E-state index is 5.59. The maximum absolute atomic E-state index is 5.59. The standard InChI is InChI=1S/C12H19N7/c1-10-15-16-12-11(14-3-5-19(10)12)18-8-6-17(4-2-13)7-9-18/h3,5H,2,4,6-9,13H2,1H3. The molecule has 1 saturated heterocycles. The van der Waals surface area contributed by atoms with Crippen molar-refractivity contribution in [3.05, 3.63) is 18.2 Å². The highest BCUT2D eigenvalue weighted by Crippen LogP contribution is 2.18. The molecule has 0 saturated carbocycles. The highest BCUT2D eigenvalue weighted by molar-refractivity contribution is 5.63. The van der Waals surface area contributed by atoms with Crippen molar-refractivity contribution in [1.82, 2.24) is 24.5 Å². The average Bonchev–Trinajstić information content (AvgIpc) is 2.82. The summed E-state index contributed by atoms with van der Waals surface area (Å²) in [6.07, 6.45) is 3.71. The lowest BCUT2D eigenvalue weighted by atomic mass is 10.3. The number of aromatic nitrogens is 4. The van der Waals surface area contributed by atoms with Crippen molar-refractivity contribution in [2.45, 2.75) is 6.92 Å². The molecule has 2 aromatic heterocycles. The fourth-order valence-electron chi connectivity index (χ4n) is 2.52. The molecule has 2 N–H and O–H groups in total. The van der Waals surface area contributed by atoms with E-state index in [1.165, 1.54) is 0 Å². The van der Waals surface area contributed by atoms with Gasteiger partial charge in [0.1, 0.15) is 5.82 Å². The first-order chi connectivity index (χ1) is 9.29. The lowest BCUT2D eigenvalue weighted by Gasteiger charge is -2.35. The van der Waals surface area contributed by atoms with Crippen LogP contribution in [0.4, 0.5) is 5.82 Å². The SMILES string of the molecule is Cc1nnc2c(N3CCN(CCN)CC3)nccn12.